The molecule has 6 heteroatoms. The minimum atomic E-state index is 0.298. The first kappa shape index (κ1) is 16.0. The molecule has 1 aliphatic rings. The van der Waals surface area contributed by atoms with E-state index >= 15 is 0 Å². The number of hydrogen-bond donors (Lipinski definition) is 0. The van der Waals surface area contributed by atoms with E-state index in [1.807, 2.05) is 41.2 Å². The maximum absolute atomic E-state index is 5.57. The van der Waals surface area contributed by atoms with Crippen molar-refractivity contribution < 1.29 is 4.52 Å². The fourth-order valence-electron chi connectivity index (χ4n) is 3.40. The van der Waals surface area contributed by atoms with E-state index < -0.39 is 0 Å². The molecule has 1 aliphatic heterocycles. The van der Waals surface area contributed by atoms with Crippen molar-refractivity contribution in [1.82, 2.24) is 24.8 Å². The monoisotopic (exact) mass is 337 g/mol. The summed E-state index contributed by atoms with van der Waals surface area (Å²) in [7, 11) is 0. The molecule has 0 aliphatic carbocycles. The molecule has 6 nitrogen and oxygen atoms in total. The van der Waals surface area contributed by atoms with Crippen LogP contribution in [0.5, 0.6) is 0 Å². The zero-order valence-corrected chi connectivity index (χ0v) is 14.5. The molecular weight excluding hydrogens is 314 g/mol. The van der Waals surface area contributed by atoms with Crippen molar-refractivity contribution in [2.24, 2.45) is 0 Å². The quantitative estimate of drug-likeness (QED) is 0.715. The molecule has 0 unspecified atom stereocenters. The molecule has 2 aromatic heterocycles. The first-order valence-corrected chi connectivity index (χ1v) is 8.95. The lowest BCUT2D eigenvalue weighted by atomic mass is 9.98. The molecule has 4 rings (SSSR count). The average Bonchev–Trinajstić information content (AvgIpc) is 3.32. The van der Waals surface area contributed by atoms with Crippen LogP contribution >= 0.6 is 0 Å². The zero-order chi connectivity index (χ0) is 17.1. The number of rotatable bonds is 5. The van der Waals surface area contributed by atoms with Gasteiger partial charge in [-0.25, -0.2) is 0 Å². The molecular formula is C19H23N5O. The van der Waals surface area contributed by atoms with E-state index in [1.165, 1.54) is 0 Å². The number of benzene rings is 1. The van der Waals surface area contributed by atoms with Gasteiger partial charge in [-0.15, -0.1) is 0 Å². The lowest BCUT2D eigenvalue weighted by molar-refractivity contribution is 0.178. The standard InChI is InChI=1S/C19H23N5O/c1-2-24-12-10-17(21-24)14-23-11-6-9-16(13-23)19-20-18(22-25-19)15-7-4-3-5-8-15/h3-5,7-8,10,12,16H,2,6,9,11,13-14H2,1H3/t16-/m1/s1. The molecule has 25 heavy (non-hydrogen) atoms. The number of hydrogen-bond acceptors (Lipinski definition) is 5. The summed E-state index contributed by atoms with van der Waals surface area (Å²) in [5, 5.41) is 8.75. The van der Waals surface area contributed by atoms with Gasteiger partial charge in [-0.05, 0) is 32.4 Å². The second-order valence-electron chi connectivity index (χ2n) is 6.56. The van der Waals surface area contributed by atoms with Crippen molar-refractivity contribution in [3.63, 3.8) is 0 Å². The van der Waals surface area contributed by atoms with Crippen molar-refractivity contribution in [3.05, 3.63) is 54.2 Å². The van der Waals surface area contributed by atoms with Gasteiger partial charge in [0, 0.05) is 31.4 Å². The highest BCUT2D eigenvalue weighted by Crippen LogP contribution is 2.28. The van der Waals surface area contributed by atoms with Gasteiger partial charge >= 0.3 is 0 Å². The van der Waals surface area contributed by atoms with E-state index in [0.29, 0.717) is 11.7 Å². The Bertz CT molecular complexity index is 810. The molecule has 0 saturated carbocycles. The summed E-state index contributed by atoms with van der Waals surface area (Å²) in [6.07, 6.45) is 4.28. The topological polar surface area (TPSA) is 60.0 Å². The molecule has 1 atom stereocenters. The van der Waals surface area contributed by atoms with E-state index in [9.17, 15) is 0 Å². The molecule has 0 radical (unpaired) electrons. The molecule has 3 heterocycles. The zero-order valence-electron chi connectivity index (χ0n) is 14.5. The molecule has 1 fully saturated rings. The summed E-state index contributed by atoms with van der Waals surface area (Å²) >= 11 is 0. The van der Waals surface area contributed by atoms with Gasteiger partial charge in [0.05, 0.1) is 11.6 Å². The van der Waals surface area contributed by atoms with Crippen molar-refractivity contribution in [2.75, 3.05) is 13.1 Å². The number of piperidine rings is 1. The Morgan fingerprint density at radius 2 is 2.08 bits per heavy atom. The van der Waals surface area contributed by atoms with Crippen LogP contribution in [0.25, 0.3) is 11.4 Å². The molecule has 1 aromatic carbocycles. The molecule has 0 bridgehead atoms. The van der Waals surface area contributed by atoms with Crippen molar-refractivity contribution in [3.8, 4) is 11.4 Å². The molecule has 0 N–H and O–H groups in total. The molecule has 0 amide bonds. The average molecular weight is 337 g/mol. The van der Waals surface area contributed by atoms with Gasteiger partial charge in [-0.2, -0.15) is 10.1 Å². The minimum absolute atomic E-state index is 0.298. The van der Waals surface area contributed by atoms with E-state index in [4.69, 9.17) is 4.52 Å². The highest BCUT2D eigenvalue weighted by Gasteiger charge is 2.26. The minimum Gasteiger partial charge on any atom is -0.339 e. The van der Waals surface area contributed by atoms with E-state index in [2.05, 4.69) is 33.1 Å². The van der Waals surface area contributed by atoms with Crippen LogP contribution in [0.3, 0.4) is 0 Å². The van der Waals surface area contributed by atoms with Crippen LogP contribution in [-0.4, -0.2) is 37.9 Å². The highest BCUT2D eigenvalue weighted by molar-refractivity contribution is 5.53. The highest BCUT2D eigenvalue weighted by atomic mass is 16.5. The third kappa shape index (κ3) is 3.64. The molecule has 1 saturated heterocycles. The maximum Gasteiger partial charge on any atom is 0.231 e. The van der Waals surface area contributed by atoms with Crippen LogP contribution in [0.1, 0.15) is 37.3 Å². The summed E-state index contributed by atoms with van der Waals surface area (Å²) in [6.45, 7) is 5.92. The van der Waals surface area contributed by atoms with Crippen LogP contribution in [-0.2, 0) is 13.1 Å². The van der Waals surface area contributed by atoms with Crippen LogP contribution < -0.4 is 0 Å². The lowest BCUT2D eigenvalue weighted by Crippen LogP contribution is -2.34. The lowest BCUT2D eigenvalue weighted by Gasteiger charge is -2.30. The first-order valence-electron chi connectivity index (χ1n) is 8.95. The predicted octanol–water partition coefficient (Wildman–Crippen LogP) is 3.33. The SMILES string of the molecule is CCn1ccc(CN2CCC[C@@H](c3nc(-c4ccccc4)no3)C2)n1. The van der Waals surface area contributed by atoms with Crippen molar-refractivity contribution >= 4 is 0 Å². The smallest absolute Gasteiger partial charge is 0.231 e. The number of nitrogens with zero attached hydrogens (tertiary/aromatic N) is 5. The maximum atomic E-state index is 5.57. The summed E-state index contributed by atoms with van der Waals surface area (Å²) in [4.78, 5) is 7.07. The van der Waals surface area contributed by atoms with Gasteiger partial charge in [0.25, 0.3) is 0 Å². The van der Waals surface area contributed by atoms with Gasteiger partial charge in [0.2, 0.25) is 11.7 Å². The molecule has 0 spiro atoms. The normalized spacial score (nSPS) is 18.5. The van der Waals surface area contributed by atoms with Crippen LogP contribution in [0.15, 0.2) is 47.1 Å². The Labute approximate surface area is 147 Å². The third-order valence-corrected chi connectivity index (χ3v) is 4.73. The Morgan fingerprint density at radius 3 is 2.88 bits per heavy atom. The van der Waals surface area contributed by atoms with Gasteiger partial charge in [-0.1, -0.05) is 35.5 Å². The van der Waals surface area contributed by atoms with Gasteiger partial charge in [-0.3, -0.25) is 9.58 Å². The van der Waals surface area contributed by atoms with Gasteiger partial charge < -0.3 is 4.52 Å². The second-order valence-corrected chi connectivity index (χ2v) is 6.56. The van der Waals surface area contributed by atoms with Gasteiger partial charge in [0.1, 0.15) is 0 Å². The Kier molecular flexibility index (Phi) is 4.61. The van der Waals surface area contributed by atoms with Crippen LogP contribution in [0, 0.1) is 0 Å². The second kappa shape index (κ2) is 7.19. The first-order chi connectivity index (χ1) is 12.3. The summed E-state index contributed by atoms with van der Waals surface area (Å²) < 4.78 is 7.54. The number of likely N-dealkylation sites (tertiary alicyclic amines) is 1. The fourth-order valence-corrected chi connectivity index (χ4v) is 3.40. The van der Waals surface area contributed by atoms with Crippen LogP contribution in [0.4, 0.5) is 0 Å². The van der Waals surface area contributed by atoms with Crippen molar-refractivity contribution in [1.29, 1.82) is 0 Å². The summed E-state index contributed by atoms with van der Waals surface area (Å²) in [6, 6.07) is 12.1. The third-order valence-electron chi connectivity index (χ3n) is 4.73. The van der Waals surface area contributed by atoms with Gasteiger partial charge in [0.15, 0.2) is 0 Å². The fraction of sp³-hybridized carbons (Fsp3) is 0.421. The van der Waals surface area contributed by atoms with Crippen molar-refractivity contribution in [2.45, 2.75) is 38.8 Å². The summed E-state index contributed by atoms with van der Waals surface area (Å²) in [5.74, 6) is 1.73. The largest absolute Gasteiger partial charge is 0.339 e. The van der Waals surface area contributed by atoms with E-state index in [1.54, 1.807) is 0 Å². The number of aryl methyl sites for hydroxylation is 1. The Balaban J connectivity index is 1.43. The predicted molar refractivity (Wildman–Crippen MR) is 94.9 cm³/mol. The summed E-state index contributed by atoms with van der Waals surface area (Å²) in [5.41, 5.74) is 2.12. The Hall–Kier alpha value is -2.47. The Morgan fingerprint density at radius 1 is 1.20 bits per heavy atom. The van der Waals surface area contributed by atoms with E-state index in [-0.39, 0.29) is 0 Å². The number of aromatic nitrogens is 4. The molecule has 3 aromatic rings. The van der Waals surface area contributed by atoms with Crippen LogP contribution in [0.2, 0.25) is 0 Å². The molecule has 130 valence electrons. The van der Waals surface area contributed by atoms with E-state index in [0.717, 1.165) is 56.2 Å².